The summed E-state index contributed by atoms with van der Waals surface area (Å²) in [5, 5.41) is 5.59. The highest BCUT2D eigenvalue weighted by Gasteiger charge is 2.28. The van der Waals surface area contributed by atoms with E-state index in [1.807, 2.05) is 0 Å². The minimum atomic E-state index is -3.62. The number of sulfonamides is 2. The first-order valence-corrected chi connectivity index (χ1v) is 16.2. The third-order valence-electron chi connectivity index (χ3n) is 6.80. The maximum Gasteiger partial charge on any atom is 0.243 e. The van der Waals surface area contributed by atoms with Gasteiger partial charge in [-0.1, -0.05) is 24.6 Å². The first-order valence-electron chi connectivity index (χ1n) is 13.0. The predicted octanol–water partition coefficient (Wildman–Crippen LogP) is 2.64. The number of hydrogen-bond donors (Lipinski definition) is 2. The standard InChI is InChI=1S/C26H34N4O6S3/c1-20-5-9-22(19-24(20)39(34,35)29-13-3-2-4-14-29)27-26(37)28-25(31)12-8-21-6-10-23(11-7-21)38(32,33)30-15-17-36-18-16-30/h5-7,9-11,19H,2-4,8,12-18H2,1H3,(H2,27,28,31,37). The Kier molecular flexibility index (Phi) is 9.73. The molecule has 0 unspecified atom stereocenters. The fourth-order valence-corrected chi connectivity index (χ4v) is 7.98. The molecule has 39 heavy (non-hydrogen) atoms. The maximum atomic E-state index is 13.2. The lowest BCUT2D eigenvalue weighted by Crippen LogP contribution is -2.40. The smallest absolute Gasteiger partial charge is 0.243 e. The van der Waals surface area contributed by atoms with Crippen LogP contribution in [-0.4, -0.2) is 75.9 Å². The predicted molar refractivity (Wildman–Crippen MR) is 152 cm³/mol. The summed E-state index contributed by atoms with van der Waals surface area (Å²) in [6.07, 6.45) is 3.27. The molecule has 13 heteroatoms. The summed E-state index contributed by atoms with van der Waals surface area (Å²) >= 11 is 5.27. The highest BCUT2D eigenvalue weighted by atomic mass is 32.2. The number of anilines is 1. The average Bonchev–Trinajstić information content (AvgIpc) is 2.94. The Morgan fingerprint density at radius 3 is 2.21 bits per heavy atom. The third-order valence-corrected chi connectivity index (χ3v) is 11.0. The quantitative estimate of drug-likeness (QED) is 0.447. The van der Waals surface area contributed by atoms with Gasteiger partial charge in [0.2, 0.25) is 26.0 Å². The lowest BCUT2D eigenvalue weighted by atomic mass is 10.1. The fourth-order valence-electron chi connectivity index (χ4n) is 4.57. The minimum absolute atomic E-state index is 0.0668. The van der Waals surface area contributed by atoms with Crippen molar-refractivity contribution in [3.8, 4) is 0 Å². The van der Waals surface area contributed by atoms with Crippen molar-refractivity contribution in [1.29, 1.82) is 0 Å². The number of aryl methyl sites for hydroxylation is 2. The molecule has 2 saturated heterocycles. The van der Waals surface area contributed by atoms with E-state index in [9.17, 15) is 21.6 Å². The topological polar surface area (TPSA) is 125 Å². The van der Waals surface area contributed by atoms with E-state index in [1.165, 1.54) is 8.61 Å². The van der Waals surface area contributed by atoms with Crippen molar-refractivity contribution in [2.75, 3.05) is 44.7 Å². The van der Waals surface area contributed by atoms with Gasteiger partial charge in [0, 0.05) is 38.3 Å². The van der Waals surface area contributed by atoms with E-state index in [4.69, 9.17) is 17.0 Å². The SMILES string of the molecule is Cc1ccc(NC(=S)NC(=O)CCc2ccc(S(=O)(=O)N3CCOCC3)cc2)cc1S(=O)(=O)N1CCCCC1. The van der Waals surface area contributed by atoms with E-state index in [-0.39, 0.29) is 27.2 Å². The molecule has 0 saturated carbocycles. The summed E-state index contributed by atoms with van der Waals surface area (Å²) in [4.78, 5) is 12.9. The van der Waals surface area contributed by atoms with Crippen molar-refractivity contribution in [2.45, 2.75) is 48.8 Å². The number of nitrogens with zero attached hydrogens (tertiary/aromatic N) is 2. The Morgan fingerprint density at radius 1 is 0.897 bits per heavy atom. The van der Waals surface area contributed by atoms with Gasteiger partial charge in [0.15, 0.2) is 5.11 Å². The summed E-state index contributed by atoms with van der Waals surface area (Å²) in [5.74, 6) is -0.314. The third kappa shape index (κ3) is 7.41. The Hall–Kier alpha value is -2.42. The van der Waals surface area contributed by atoms with Crippen LogP contribution in [0, 0.1) is 6.92 Å². The highest BCUT2D eigenvalue weighted by molar-refractivity contribution is 7.89. The van der Waals surface area contributed by atoms with Gasteiger partial charge in [-0.05, 0) is 73.8 Å². The van der Waals surface area contributed by atoms with Gasteiger partial charge in [-0.15, -0.1) is 0 Å². The zero-order valence-corrected chi connectivity index (χ0v) is 24.3. The number of rotatable bonds is 8. The van der Waals surface area contributed by atoms with Crippen LogP contribution < -0.4 is 10.6 Å². The molecular weight excluding hydrogens is 561 g/mol. The molecule has 212 valence electrons. The fraction of sp³-hybridized carbons (Fsp3) is 0.462. The number of morpholine rings is 1. The Bertz CT molecular complexity index is 1400. The number of hydrogen-bond acceptors (Lipinski definition) is 7. The summed E-state index contributed by atoms with van der Waals surface area (Å²) in [7, 11) is -7.18. The Balaban J connectivity index is 1.30. The van der Waals surface area contributed by atoms with Crippen LogP contribution in [0.1, 0.15) is 36.8 Å². The molecule has 0 aliphatic carbocycles. The number of amides is 1. The minimum Gasteiger partial charge on any atom is -0.379 e. The molecule has 0 bridgehead atoms. The van der Waals surface area contributed by atoms with E-state index in [2.05, 4.69) is 10.6 Å². The molecule has 0 atom stereocenters. The van der Waals surface area contributed by atoms with Gasteiger partial charge in [-0.3, -0.25) is 4.79 Å². The molecule has 2 heterocycles. The molecule has 2 fully saturated rings. The van der Waals surface area contributed by atoms with E-state index in [0.717, 1.165) is 24.8 Å². The molecule has 2 aliphatic heterocycles. The van der Waals surface area contributed by atoms with E-state index < -0.39 is 20.0 Å². The van der Waals surface area contributed by atoms with Crippen molar-refractivity contribution in [3.05, 3.63) is 53.6 Å². The molecule has 2 N–H and O–H groups in total. The average molecular weight is 595 g/mol. The van der Waals surface area contributed by atoms with Crippen LogP contribution in [0.2, 0.25) is 0 Å². The number of nitrogens with one attached hydrogen (secondary N) is 2. The van der Waals surface area contributed by atoms with Crippen LogP contribution in [0.4, 0.5) is 5.69 Å². The molecule has 2 aliphatic rings. The number of piperidine rings is 1. The Labute approximate surface area is 235 Å². The molecule has 0 radical (unpaired) electrons. The first kappa shape index (κ1) is 29.6. The van der Waals surface area contributed by atoms with Gasteiger partial charge in [0.05, 0.1) is 23.0 Å². The summed E-state index contributed by atoms with van der Waals surface area (Å²) < 4.78 is 60.0. The van der Waals surface area contributed by atoms with Gasteiger partial charge < -0.3 is 15.4 Å². The van der Waals surface area contributed by atoms with Crippen molar-refractivity contribution in [3.63, 3.8) is 0 Å². The van der Waals surface area contributed by atoms with Crippen LogP contribution in [0.3, 0.4) is 0 Å². The van der Waals surface area contributed by atoms with Crippen molar-refractivity contribution in [2.24, 2.45) is 0 Å². The number of benzene rings is 2. The summed E-state index contributed by atoms with van der Waals surface area (Å²) in [6.45, 7) is 4.20. The number of ether oxygens (including phenoxy) is 1. The van der Waals surface area contributed by atoms with Crippen molar-refractivity contribution < 1.29 is 26.4 Å². The molecular formula is C26H34N4O6S3. The zero-order valence-electron chi connectivity index (χ0n) is 21.9. The van der Waals surface area contributed by atoms with Crippen molar-refractivity contribution >= 4 is 49.0 Å². The maximum absolute atomic E-state index is 13.2. The molecule has 0 aromatic heterocycles. The van der Waals surface area contributed by atoms with Crippen LogP contribution in [0.5, 0.6) is 0 Å². The van der Waals surface area contributed by atoms with E-state index in [1.54, 1.807) is 49.4 Å². The Morgan fingerprint density at radius 2 is 1.54 bits per heavy atom. The zero-order chi connectivity index (χ0) is 28.0. The molecule has 2 aromatic rings. The van der Waals surface area contributed by atoms with Gasteiger partial charge in [0.25, 0.3) is 0 Å². The molecule has 4 rings (SSSR count). The van der Waals surface area contributed by atoms with Crippen LogP contribution in [0.15, 0.2) is 52.3 Å². The molecule has 2 aromatic carbocycles. The van der Waals surface area contributed by atoms with Gasteiger partial charge in [-0.25, -0.2) is 16.8 Å². The van der Waals surface area contributed by atoms with E-state index in [0.29, 0.717) is 57.1 Å². The van der Waals surface area contributed by atoms with Crippen LogP contribution >= 0.6 is 12.2 Å². The molecule has 10 nitrogen and oxygen atoms in total. The lowest BCUT2D eigenvalue weighted by molar-refractivity contribution is -0.119. The van der Waals surface area contributed by atoms with Gasteiger partial charge >= 0.3 is 0 Å². The monoisotopic (exact) mass is 594 g/mol. The molecule has 0 spiro atoms. The normalized spacial score (nSPS) is 17.5. The van der Waals surface area contributed by atoms with E-state index >= 15 is 0 Å². The largest absolute Gasteiger partial charge is 0.379 e. The molecule has 1 amide bonds. The summed E-state index contributed by atoms with van der Waals surface area (Å²) in [5.41, 5.74) is 1.93. The second kappa shape index (κ2) is 12.8. The lowest BCUT2D eigenvalue weighted by Gasteiger charge is -2.26. The second-order valence-electron chi connectivity index (χ2n) is 9.61. The second-order valence-corrected chi connectivity index (χ2v) is 13.9. The van der Waals surface area contributed by atoms with Gasteiger partial charge in [0.1, 0.15) is 0 Å². The van der Waals surface area contributed by atoms with Crippen LogP contribution in [0.25, 0.3) is 0 Å². The van der Waals surface area contributed by atoms with Gasteiger partial charge in [-0.2, -0.15) is 8.61 Å². The first-order chi connectivity index (χ1) is 18.6. The highest BCUT2D eigenvalue weighted by Crippen LogP contribution is 2.26. The summed E-state index contributed by atoms with van der Waals surface area (Å²) in [6, 6.07) is 11.5. The van der Waals surface area contributed by atoms with Crippen LogP contribution in [-0.2, 0) is 36.0 Å². The number of carbonyl (C=O) groups excluding carboxylic acids is 1. The number of carbonyl (C=O) groups is 1. The van der Waals surface area contributed by atoms with Crippen molar-refractivity contribution in [1.82, 2.24) is 13.9 Å². The number of thiocarbonyl (C=S) groups is 1.